The first-order valence-electron chi connectivity index (χ1n) is 7.51. The van der Waals surface area contributed by atoms with E-state index in [2.05, 4.69) is 15.9 Å². The van der Waals surface area contributed by atoms with Gasteiger partial charge in [-0.15, -0.1) is 0 Å². The molecule has 0 saturated carbocycles. The van der Waals surface area contributed by atoms with Gasteiger partial charge in [0, 0.05) is 16.8 Å². The fraction of sp³-hybridized carbons (Fsp3) is 0.471. The van der Waals surface area contributed by atoms with Crippen molar-refractivity contribution in [2.75, 3.05) is 0 Å². The molecule has 1 atom stereocenters. The minimum atomic E-state index is -0.881. The van der Waals surface area contributed by atoms with Crippen LogP contribution in [-0.4, -0.2) is 28.4 Å². The number of likely N-dealkylation sites (tertiary alicyclic amines) is 1. The van der Waals surface area contributed by atoms with Crippen LogP contribution < -0.4 is 0 Å². The Morgan fingerprint density at radius 3 is 2.43 bits per heavy atom. The summed E-state index contributed by atoms with van der Waals surface area (Å²) in [6.45, 7) is 5.09. The topological polar surface area (TPSA) is 63.7 Å². The maximum absolute atomic E-state index is 12.5. The van der Waals surface area contributed by atoms with Gasteiger partial charge in [0.2, 0.25) is 11.8 Å². The van der Waals surface area contributed by atoms with Crippen LogP contribution in [0.25, 0.3) is 0 Å². The minimum Gasteiger partial charge on any atom is -0.443 e. The van der Waals surface area contributed by atoms with E-state index in [1.165, 1.54) is 0 Å². The predicted octanol–water partition coefficient (Wildman–Crippen LogP) is 3.69. The van der Waals surface area contributed by atoms with E-state index >= 15 is 0 Å². The fourth-order valence-corrected chi connectivity index (χ4v) is 2.70. The highest BCUT2D eigenvalue weighted by Gasteiger charge is 2.40. The molecule has 0 bridgehead atoms. The lowest BCUT2D eigenvalue weighted by molar-refractivity contribution is -0.150. The second-order valence-electron chi connectivity index (χ2n) is 6.61. The van der Waals surface area contributed by atoms with Crippen molar-refractivity contribution in [3.63, 3.8) is 0 Å². The lowest BCUT2D eigenvalue weighted by Gasteiger charge is -2.31. The Morgan fingerprint density at radius 1 is 1.26 bits per heavy atom. The zero-order chi connectivity index (χ0) is 17.2. The summed E-state index contributed by atoms with van der Waals surface area (Å²) in [7, 11) is 0. The molecule has 2 rings (SSSR count). The summed E-state index contributed by atoms with van der Waals surface area (Å²) in [4.78, 5) is 37.3. The molecule has 3 amide bonds. The van der Waals surface area contributed by atoms with Crippen molar-refractivity contribution in [2.45, 2.75) is 45.6 Å². The van der Waals surface area contributed by atoms with Crippen LogP contribution in [0.3, 0.4) is 0 Å². The Kier molecular flexibility index (Phi) is 5.24. The van der Waals surface area contributed by atoms with Gasteiger partial charge in [0.05, 0.1) is 0 Å². The molecule has 1 aliphatic rings. The van der Waals surface area contributed by atoms with E-state index in [1.807, 2.05) is 24.3 Å². The molecule has 1 saturated heterocycles. The molecule has 1 aromatic rings. The first kappa shape index (κ1) is 17.7. The molecular weight excluding hydrogens is 362 g/mol. The molecule has 1 unspecified atom stereocenters. The van der Waals surface area contributed by atoms with Crippen molar-refractivity contribution < 1.29 is 19.1 Å². The van der Waals surface area contributed by atoms with Gasteiger partial charge < -0.3 is 4.74 Å². The highest BCUT2D eigenvalue weighted by Crippen LogP contribution is 2.25. The summed E-state index contributed by atoms with van der Waals surface area (Å²) in [6, 6.07) is 7.65. The molecule has 6 heteroatoms. The fourth-order valence-electron chi connectivity index (χ4n) is 2.43. The second-order valence-corrected chi connectivity index (χ2v) is 7.53. The summed E-state index contributed by atoms with van der Waals surface area (Å²) in [5.74, 6) is -1.35. The standard InChI is InChI=1S/C17H20BrNO4/c1-17(2,3)23-16(22)19-14(20)9-6-12(15(19)21)10-11-4-7-13(18)8-5-11/h4-5,7-8,12H,6,9-10H2,1-3H3. The number of carbonyl (C=O) groups is 3. The molecule has 124 valence electrons. The molecule has 1 heterocycles. The molecule has 0 N–H and O–H groups in total. The monoisotopic (exact) mass is 381 g/mol. The maximum atomic E-state index is 12.5. The number of amides is 3. The number of halogens is 1. The Morgan fingerprint density at radius 2 is 1.87 bits per heavy atom. The van der Waals surface area contributed by atoms with E-state index in [1.54, 1.807) is 20.8 Å². The summed E-state index contributed by atoms with van der Waals surface area (Å²) < 4.78 is 6.13. The number of piperidine rings is 1. The van der Waals surface area contributed by atoms with Gasteiger partial charge in [-0.3, -0.25) is 9.59 Å². The normalized spacial score (nSPS) is 19.0. The first-order chi connectivity index (χ1) is 10.7. The molecule has 5 nitrogen and oxygen atoms in total. The Bertz CT molecular complexity index is 618. The van der Waals surface area contributed by atoms with Crippen LogP contribution in [0.5, 0.6) is 0 Å². The van der Waals surface area contributed by atoms with Crippen LogP contribution in [0.2, 0.25) is 0 Å². The lowest BCUT2D eigenvalue weighted by atomic mass is 9.90. The molecular formula is C17H20BrNO4. The van der Waals surface area contributed by atoms with Crippen molar-refractivity contribution >= 4 is 33.8 Å². The molecule has 0 aromatic heterocycles. The van der Waals surface area contributed by atoms with E-state index in [4.69, 9.17) is 4.74 Å². The second kappa shape index (κ2) is 6.83. The van der Waals surface area contributed by atoms with Crippen molar-refractivity contribution in [1.82, 2.24) is 4.90 Å². The number of nitrogens with zero attached hydrogens (tertiary/aromatic N) is 1. The smallest absolute Gasteiger partial charge is 0.424 e. The number of imide groups is 3. The van der Waals surface area contributed by atoms with Crippen LogP contribution >= 0.6 is 15.9 Å². The van der Waals surface area contributed by atoms with Gasteiger partial charge in [-0.2, -0.15) is 4.90 Å². The number of hydrogen-bond acceptors (Lipinski definition) is 4. The van der Waals surface area contributed by atoms with Gasteiger partial charge in [-0.05, 0) is 51.3 Å². The van der Waals surface area contributed by atoms with Gasteiger partial charge in [-0.25, -0.2) is 4.79 Å². The number of rotatable bonds is 2. The number of benzene rings is 1. The summed E-state index contributed by atoms with van der Waals surface area (Å²) in [5, 5.41) is 0. The van der Waals surface area contributed by atoms with Crippen molar-refractivity contribution in [1.29, 1.82) is 0 Å². The lowest BCUT2D eigenvalue weighted by Crippen LogP contribution is -2.50. The molecule has 1 fully saturated rings. The number of hydrogen-bond donors (Lipinski definition) is 0. The minimum absolute atomic E-state index is 0.173. The Balaban J connectivity index is 2.12. The average molecular weight is 382 g/mol. The van der Waals surface area contributed by atoms with Crippen LogP contribution in [0, 0.1) is 5.92 Å². The van der Waals surface area contributed by atoms with E-state index < -0.39 is 23.5 Å². The zero-order valence-corrected chi connectivity index (χ0v) is 15.1. The molecule has 0 aliphatic carbocycles. The van der Waals surface area contributed by atoms with Gasteiger partial charge in [-0.1, -0.05) is 28.1 Å². The van der Waals surface area contributed by atoms with Crippen LogP contribution in [0.1, 0.15) is 39.2 Å². The quantitative estimate of drug-likeness (QED) is 0.732. The van der Waals surface area contributed by atoms with Crippen LogP contribution in [-0.2, 0) is 20.7 Å². The van der Waals surface area contributed by atoms with Crippen molar-refractivity contribution in [3.8, 4) is 0 Å². The average Bonchev–Trinajstić information content (AvgIpc) is 2.42. The third-order valence-electron chi connectivity index (χ3n) is 3.50. The summed E-state index contributed by atoms with van der Waals surface area (Å²) in [5.41, 5.74) is 0.237. The van der Waals surface area contributed by atoms with Gasteiger partial charge in [0.25, 0.3) is 0 Å². The Hall–Kier alpha value is -1.69. The molecule has 1 aliphatic heterocycles. The van der Waals surface area contributed by atoms with E-state index in [0.717, 1.165) is 10.0 Å². The maximum Gasteiger partial charge on any atom is 0.424 e. The molecule has 0 radical (unpaired) electrons. The highest BCUT2D eigenvalue weighted by atomic mass is 79.9. The summed E-state index contributed by atoms with van der Waals surface area (Å²) >= 11 is 3.37. The van der Waals surface area contributed by atoms with Gasteiger partial charge in [0.15, 0.2) is 0 Å². The van der Waals surface area contributed by atoms with E-state index in [0.29, 0.717) is 17.7 Å². The zero-order valence-electron chi connectivity index (χ0n) is 13.5. The number of carbonyl (C=O) groups excluding carboxylic acids is 3. The summed E-state index contributed by atoms with van der Waals surface area (Å²) in [6.07, 6.45) is 0.241. The molecule has 23 heavy (non-hydrogen) atoms. The molecule has 0 spiro atoms. The van der Waals surface area contributed by atoms with E-state index in [9.17, 15) is 14.4 Å². The highest BCUT2D eigenvalue weighted by molar-refractivity contribution is 9.10. The largest absolute Gasteiger partial charge is 0.443 e. The van der Waals surface area contributed by atoms with Gasteiger partial charge >= 0.3 is 6.09 Å². The Labute approximate surface area is 144 Å². The number of ether oxygens (including phenoxy) is 1. The third-order valence-corrected chi connectivity index (χ3v) is 4.03. The van der Waals surface area contributed by atoms with Crippen molar-refractivity contribution in [3.05, 3.63) is 34.3 Å². The third kappa shape index (κ3) is 4.64. The van der Waals surface area contributed by atoms with Crippen LogP contribution in [0.4, 0.5) is 4.79 Å². The van der Waals surface area contributed by atoms with Gasteiger partial charge in [0.1, 0.15) is 5.60 Å². The van der Waals surface area contributed by atoms with Crippen LogP contribution in [0.15, 0.2) is 28.7 Å². The van der Waals surface area contributed by atoms with Crippen molar-refractivity contribution in [2.24, 2.45) is 5.92 Å². The SMILES string of the molecule is CC(C)(C)OC(=O)N1C(=O)CCC(Cc2ccc(Br)cc2)C1=O. The van der Waals surface area contributed by atoms with E-state index in [-0.39, 0.29) is 12.3 Å². The predicted molar refractivity (Wildman–Crippen MR) is 88.7 cm³/mol. The molecule has 1 aromatic carbocycles. The first-order valence-corrected chi connectivity index (χ1v) is 8.31.